The van der Waals surface area contributed by atoms with E-state index in [9.17, 15) is 0 Å². The number of methoxy groups -OCH3 is 1. The van der Waals surface area contributed by atoms with Gasteiger partial charge in [0.05, 0.1) is 32.5 Å². The van der Waals surface area contributed by atoms with Crippen LogP contribution in [0.4, 0.5) is 0 Å². The predicted octanol–water partition coefficient (Wildman–Crippen LogP) is 8.31. The molecular weight excluding hydrogens is 452 g/mol. The first kappa shape index (κ1) is 30.1. The zero-order valence-electron chi connectivity index (χ0n) is 23.9. The SMILES string of the molecule is COc1ccc(COCC/C=C(\C)[C@@H]2O[C@H](CCCO[Si](C(C)C)(C(C)C)C(C)C)C[C@H]2C)cc1. The molecule has 0 spiro atoms. The van der Waals surface area contributed by atoms with Gasteiger partial charge in [0, 0.05) is 6.61 Å². The molecule has 1 aromatic carbocycles. The van der Waals surface area contributed by atoms with Crippen LogP contribution in [0.3, 0.4) is 0 Å². The lowest BCUT2D eigenvalue weighted by atomic mass is 9.95. The number of rotatable bonds is 15. The molecule has 1 heterocycles. The molecule has 0 unspecified atom stereocenters. The maximum absolute atomic E-state index is 6.75. The molecule has 0 bridgehead atoms. The average Bonchev–Trinajstić information content (AvgIpc) is 3.18. The summed E-state index contributed by atoms with van der Waals surface area (Å²) in [7, 11) is -0.0795. The monoisotopic (exact) mass is 504 g/mol. The molecule has 5 heteroatoms. The minimum Gasteiger partial charge on any atom is -0.497 e. The van der Waals surface area contributed by atoms with Crippen molar-refractivity contribution in [3.8, 4) is 5.75 Å². The van der Waals surface area contributed by atoms with Crippen molar-refractivity contribution in [2.24, 2.45) is 5.92 Å². The van der Waals surface area contributed by atoms with E-state index < -0.39 is 8.32 Å². The number of benzene rings is 1. The molecular formula is C30H52O4Si. The Balaban J connectivity index is 1.72. The van der Waals surface area contributed by atoms with Gasteiger partial charge in [0.2, 0.25) is 0 Å². The Morgan fingerprint density at radius 1 is 1.03 bits per heavy atom. The van der Waals surface area contributed by atoms with Crippen molar-refractivity contribution in [2.75, 3.05) is 20.3 Å². The maximum atomic E-state index is 6.75. The lowest BCUT2D eigenvalue weighted by Crippen LogP contribution is -2.48. The van der Waals surface area contributed by atoms with Crippen molar-refractivity contribution in [3.63, 3.8) is 0 Å². The fourth-order valence-corrected chi connectivity index (χ4v) is 11.6. The summed E-state index contributed by atoms with van der Waals surface area (Å²) in [5.74, 6) is 1.44. The van der Waals surface area contributed by atoms with Gasteiger partial charge in [-0.05, 0) is 78.4 Å². The van der Waals surface area contributed by atoms with Crippen LogP contribution in [0.2, 0.25) is 16.6 Å². The van der Waals surface area contributed by atoms with Gasteiger partial charge < -0.3 is 18.6 Å². The Kier molecular flexibility index (Phi) is 12.5. The van der Waals surface area contributed by atoms with E-state index in [0.29, 0.717) is 35.3 Å². The van der Waals surface area contributed by atoms with Gasteiger partial charge in [-0.15, -0.1) is 0 Å². The molecule has 1 fully saturated rings. The van der Waals surface area contributed by atoms with Crippen molar-refractivity contribution >= 4 is 8.32 Å². The number of ether oxygens (including phenoxy) is 3. The molecule has 3 atom stereocenters. The lowest BCUT2D eigenvalue weighted by molar-refractivity contribution is 0.0487. The molecule has 1 aromatic rings. The Labute approximate surface area is 216 Å². The Hall–Kier alpha value is -1.14. The van der Waals surface area contributed by atoms with Crippen LogP contribution in [0.5, 0.6) is 5.75 Å². The highest BCUT2D eigenvalue weighted by Gasteiger charge is 2.44. The summed E-state index contributed by atoms with van der Waals surface area (Å²) in [5, 5.41) is 0. The Morgan fingerprint density at radius 3 is 2.23 bits per heavy atom. The minimum absolute atomic E-state index is 0.234. The Bertz CT molecular complexity index is 734. The molecule has 35 heavy (non-hydrogen) atoms. The molecule has 1 aliphatic rings. The highest BCUT2D eigenvalue weighted by Crippen LogP contribution is 2.42. The van der Waals surface area contributed by atoms with Gasteiger partial charge in [-0.25, -0.2) is 0 Å². The van der Waals surface area contributed by atoms with E-state index in [4.69, 9.17) is 18.6 Å². The van der Waals surface area contributed by atoms with E-state index in [1.54, 1.807) is 7.11 Å². The van der Waals surface area contributed by atoms with Crippen LogP contribution in [0.25, 0.3) is 0 Å². The van der Waals surface area contributed by atoms with Crippen molar-refractivity contribution in [1.29, 1.82) is 0 Å². The molecule has 0 aliphatic carbocycles. The van der Waals surface area contributed by atoms with Crippen LogP contribution in [-0.2, 0) is 20.5 Å². The number of hydrogen-bond donors (Lipinski definition) is 0. The van der Waals surface area contributed by atoms with Crippen LogP contribution < -0.4 is 4.74 Å². The zero-order valence-corrected chi connectivity index (χ0v) is 24.9. The fourth-order valence-electron chi connectivity index (χ4n) is 6.14. The molecule has 4 nitrogen and oxygen atoms in total. The molecule has 1 saturated heterocycles. The summed E-state index contributed by atoms with van der Waals surface area (Å²) in [4.78, 5) is 0. The molecule has 0 radical (unpaired) electrons. The van der Waals surface area contributed by atoms with Crippen LogP contribution >= 0.6 is 0 Å². The largest absolute Gasteiger partial charge is 0.497 e. The minimum atomic E-state index is -1.76. The maximum Gasteiger partial charge on any atom is 0.200 e. The highest BCUT2D eigenvalue weighted by molar-refractivity contribution is 6.77. The van der Waals surface area contributed by atoms with E-state index >= 15 is 0 Å². The summed E-state index contributed by atoms with van der Waals surface area (Å²) in [6.07, 6.45) is 7.13. The third-order valence-corrected chi connectivity index (χ3v) is 13.9. The first-order valence-corrected chi connectivity index (χ1v) is 15.9. The smallest absolute Gasteiger partial charge is 0.200 e. The summed E-state index contributed by atoms with van der Waals surface area (Å²) in [5.41, 5.74) is 4.43. The third-order valence-electron chi connectivity index (χ3n) is 7.83. The van der Waals surface area contributed by atoms with E-state index in [0.717, 1.165) is 44.6 Å². The van der Waals surface area contributed by atoms with Crippen LogP contribution in [0.15, 0.2) is 35.9 Å². The van der Waals surface area contributed by atoms with Gasteiger partial charge >= 0.3 is 0 Å². The first-order chi connectivity index (χ1) is 16.6. The normalized spacial score (nSPS) is 21.5. The predicted molar refractivity (Wildman–Crippen MR) is 150 cm³/mol. The zero-order chi connectivity index (χ0) is 26.0. The molecule has 0 amide bonds. The standard InChI is InChI=1S/C30H52O4Si/c1-22(2)35(23(3)4,24(5)6)33-19-11-13-29-20-26(8)30(34-29)25(7)12-10-18-32-21-27-14-16-28(31-9)17-15-27/h12,14-17,22-24,26,29-30H,10-11,13,18-21H2,1-9H3/b25-12+/t26-,29-,30+/m1/s1. The van der Waals surface area contributed by atoms with Crippen LogP contribution in [0.1, 0.15) is 86.6 Å². The van der Waals surface area contributed by atoms with E-state index in [-0.39, 0.29) is 6.10 Å². The van der Waals surface area contributed by atoms with Gasteiger partial charge in [0.15, 0.2) is 8.32 Å². The summed E-state index contributed by atoms with van der Waals surface area (Å²) >= 11 is 0. The first-order valence-electron chi connectivity index (χ1n) is 13.8. The molecule has 0 N–H and O–H groups in total. The fraction of sp³-hybridized carbons (Fsp3) is 0.733. The molecule has 200 valence electrons. The van der Waals surface area contributed by atoms with Crippen molar-refractivity contribution < 1.29 is 18.6 Å². The van der Waals surface area contributed by atoms with Crippen molar-refractivity contribution in [2.45, 2.75) is 117 Å². The number of hydrogen-bond acceptors (Lipinski definition) is 4. The second-order valence-electron chi connectivity index (χ2n) is 11.3. The van der Waals surface area contributed by atoms with Crippen molar-refractivity contribution in [3.05, 3.63) is 41.5 Å². The second kappa shape index (κ2) is 14.6. The lowest BCUT2D eigenvalue weighted by Gasteiger charge is -2.42. The summed E-state index contributed by atoms with van der Waals surface area (Å²) in [6, 6.07) is 8.05. The Morgan fingerprint density at radius 2 is 1.66 bits per heavy atom. The molecule has 0 aromatic heterocycles. The van der Waals surface area contributed by atoms with Crippen LogP contribution in [-0.4, -0.2) is 40.8 Å². The third kappa shape index (κ3) is 8.45. The van der Waals surface area contributed by atoms with E-state index in [2.05, 4.69) is 73.6 Å². The molecule has 1 aliphatic heterocycles. The van der Waals surface area contributed by atoms with Gasteiger partial charge in [-0.1, -0.05) is 66.7 Å². The summed E-state index contributed by atoms with van der Waals surface area (Å²) in [6.45, 7) is 20.9. The van der Waals surface area contributed by atoms with Gasteiger partial charge in [0.1, 0.15) is 5.75 Å². The molecule has 2 rings (SSSR count). The van der Waals surface area contributed by atoms with E-state index in [1.807, 2.05) is 12.1 Å². The topological polar surface area (TPSA) is 36.9 Å². The van der Waals surface area contributed by atoms with Crippen LogP contribution in [0, 0.1) is 5.92 Å². The van der Waals surface area contributed by atoms with Gasteiger partial charge in [-0.3, -0.25) is 0 Å². The second-order valence-corrected chi connectivity index (χ2v) is 16.8. The average molecular weight is 505 g/mol. The quantitative estimate of drug-likeness (QED) is 0.137. The molecule has 0 saturated carbocycles. The van der Waals surface area contributed by atoms with Crippen molar-refractivity contribution in [1.82, 2.24) is 0 Å². The highest BCUT2D eigenvalue weighted by atomic mass is 28.4. The van der Waals surface area contributed by atoms with Gasteiger partial charge in [-0.2, -0.15) is 0 Å². The van der Waals surface area contributed by atoms with E-state index in [1.165, 1.54) is 11.1 Å². The van der Waals surface area contributed by atoms with Gasteiger partial charge in [0.25, 0.3) is 0 Å². The summed E-state index contributed by atoms with van der Waals surface area (Å²) < 4.78 is 24.3.